The highest BCUT2D eigenvalue weighted by atomic mass is 16.5. The third kappa shape index (κ3) is 3.14. The Morgan fingerprint density at radius 2 is 2.00 bits per heavy atom. The summed E-state index contributed by atoms with van der Waals surface area (Å²) in [5, 5.41) is 2.97. The molecule has 1 fully saturated rings. The van der Waals surface area contributed by atoms with Gasteiger partial charge in [0.15, 0.2) is 0 Å². The van der Waals surface area contributed by atoms with Gasteiger partial charge in [-0.15, -0.1) is 0 Å². The summed E-state index contributed by atoms with van der Waals surface area (Å²) in [7, 11) is 1.63. The van der Waals surface area contributed by atoms with Crippen LogP contribution in [-0.2, 0) is 19.7 Å². The number of ether oxygens (including phenoxy) is 2. The monoisotopic (exact) mass is 263 g/mol. The third-order valence-corrected chi connectivity index (χ3v) is 3.70. The van der Waals surface area contributed by atoms with E-state index in [4.69, 9.17) is 9.47 Å². The van der Waals surface area contributed by atoms with Gasteiger partial charge in [0.2, 0.25) is 5.91 Å². The second kappa shape index (κ2) is 6.68. The van der Waals surface area contributed by atoms with Crippen LogP contribution in [0.1, 0.15) is 18.4 Å². The maximum absolute atomic E-state index is 12.6. The minimum Gasteiger partial charge on any atom is -0.383 e. The summed E-state index contributed by atoms with van der Waals surface area (Å²) in [4.78, 5) is 12.6. The fourth-order valence-corrected chi connectivity index (χ4v) is 2.56. The van der Waals surface area contributed by atoms with Gasteiger partial charge in [0, 0.05) is 26.9 Å². The van der Waals surface area contributed by atoms with Crippen molar-refractivity contribution in [2.45, 2.75) is 18.3 Å². The van der Waals surface area contributed by atoms with Crippen molar-refractivity contribution in [1.82, 2.24) is 5.32 Å². The first kappa shape index (κ1) is 14.0. The lowest BCUT2D eigenvalue weighted by atomic mass is 9.73. The first-order chi connectivity index (χ1) is 9.29. The molecule has 2 rings (SSSR count). The molecule has 0 saturated carbocycles. The van der Waals surface area contributed by atoms with Gasteiger partial charge in [-0.2, -0.15) is 0 Å². The molecule has 1 heterocycles. The van der Waals surface area contributed by atoms with Gasteiger partial charge in [0.25, 0.3) is 0 Å². The van der Waals surface area contributed by atoms with E-state index in [1.165, 1.54) is 0 Å². The highest BCUT2D eigenvalue weighted by Gasteiger charge is 2.41. The molecule has 0 aromatic heterocycles. The van der Waals surface area contributed by atoms with Gasteiger partial charge >= 0.3 is 0 Å². The highest BCUT2D eigenvalue weighted by Crippen LogP contribution is 2.34. The van der Waals surface area contributed by atoms with E-state index in [2.05, 4.69) is 5.32 Å². The van der Waals surface area contributed by atoms with Gasteiger partial charge in [-0.05, 0) is 18.4 Å². The summed E-state index contributed by atoms with van der Waals surface area (Å²) in [5.41, 5.74) is 0.626. The standard InChI is InChI=1S/C15H21NO3/c1-18-12-9-16-14(17)15(7-10-19-11-8-15)13-5-3-2-4-6-13/h2-6H,7-12H2,1H3,(H,16,17). The Balaban J connectivity index is 2.17. The number of carbonyl (C=O) groups is 1. The van der Waals surface area contributed by atoms with Crippen molar-refractivity contribution in [2.24, 2.45) is 0 Å². The van der Waals surface area contributed by atoms with Crippen molar-refractivity contribution in [1.29, 1.82) is 0 Å². The Bertz CT molecular complexity index is 399. The molecule has 4 heteroatoms. The highest BCUT2D eigenvalue weighted by molar-refractivity contribution is 5.88. The van der Waals surface area contributed by atoms with Gasteiger partial charge in [-0.1, -0.05) is 30.3 Å². The van der Waals surface area contributed by atoms with E-state index in [0.29, 0.717) is 26.4 Å². The maximum atomic E-state index is 12.6. The number of carbonyl (C=O) groups excluding carboxylic acids is 1. The summed E-state index contributed by atoms with van der Waals surface area (Å²) in [6.45, 7) is 2.34. The summed E-state index contributed by atoms with van der Waals surface area (Å²) in [6.07, 6.45) is 1.46. The molecule has 0 atom stereocenters. The Labute approximate surface area is 114 Å². The molecule has 1 amide bonds. The molecule has 1 N–H and O–H groups in total. The number of rotatable bonds is 5. The maximum Gasteiger partial charge on any atom is 0.230 e. The van der Waals surface area contributed by atoms with E-state index in [0.717, 1.165) is 18.4 Å². The van der Waals surface area contributed by atoms with E-state index in [1.54, 1.807) is 7.11 Å². The number of nitrogens with one attached hydrogen (secondary N) is 1. The number of benzene rings is 1. The van der Waals surface area contributed by atoms with Crippen molar-refractivity contribution >= 4 is 5.91 Å². The largest absolute Gasteiger partial charge is 0.383 e. The first-order valence-electron chi connectivity index (χ1n) is 6.70. The Kier molecular flexibility index (Phi) is 4.93. The summed E-state index contributed by atoms with van der Waals surface area (Å²) in [5.74, 6) is 0.0825. The summed E-state index contributed by atoms with van der Waals surface area (Å²) in [6, 6.07) is 9.99. The van der Waals surface area contributed by atoms with Crippen LogP contribution in [0.3, 0.4) is 0 Å². The average molecular weight is 263 g/mol. The van der Waals surface area contributed by atoms with Crippen LogP contribution in [0, 0.1) is 0 Å². The van der Waals surface area contributed by atoms with Gasteiger partial charge in [0.05, 0.1) is 12.0 Å². The zero-order chi connectivity index (χ0) is 13.6. The Morgan fingerprint density at radius 1 is 1.32 bits per heavy atom. The molecule has 1 aromatic carbocycles. The molecule has 104 valence electrons. The third-order valence-electron chi connectivity index (χ3n) is 3.70. The quantitative estimate of drug-likeness (QED) is 0.819. The lowest BCUT2D eigenvalue weighted by Crippen LogP contribution is -2.48. The van der Waals surface area contributed by atoms with Gasteiger partial charge in [-0.3, -0.25) is 4.79 Å². The van der Waals surface area contributed by atoms with Crippen LogP contribution < -0.4 is 5.32 Å². The molecular formula is C15H21NO3. The van der Waals surface area contributed by atoms with Crippen molar-refractivity contribution in [3.8, 4) is 0 Å². The number of methoxy groups -OCH3 is 1. The van der Waals surface area contributed by atoms with Gasteiger partial charge in [0.1, 0.15) is 0 Å². The van der Waals surface area contributed by atoms with E-state index >= 15 is 0 Å². The van der Waals surface area contributed by atoms with Crippen LogP contribution in [0.15, 0.2) is 30.3 Å². The molecule has 1 aliphatic heterocycles. The predicted octanol–water partition coefficient (Wildman–Crippen LogP) is 1.50. The van der Waals surface area contributed by atoms with Crippen LogP contribution in [0.5, 0.6) is 0 Å². The molecule has 1 saturated heterocycles. The Morgan fingerprint density at radius 3 is 2.63 bits per heavy atom. The zero-order valence-corrected chi connectivity index (χ0v) is 11.4. The molecule has 0 spiro atoms. The smallest absolute Gasteiger partial charge is 0.230 e. The van der Waals surface area contributed by atoms with E-state index in [9.17, 15) is 4.79 Å². The van der Waals surface area contributed by atoms with Crippen molar-refractivity contribution in [3.63, 3.8) is 0 Å². The van der Waals surface area contributed by atoms with Crippen molar-refractivity contribution in [3.05, 3.63) is 35.9 Å². The van der Waals surface area contributed by atoms with Gasteiger partial charge in [-0.25, -0.2) is 0 Å². The van der Waals surface area contributed by atoms with Crippen LogP contribution in [-0.4, -0.2) is 39.4 Å². The topological polar surface area (TPSA) is 47.6 Å². The fourth-order valence-electron chi connectivity index (χ4n) is 2.56. The fraction of sp³-hybridized carbons (Fsp3) is 0.533. The van der Waals surface area contributed by atoms with E-state index in [1.807, 2.05) is 30.3 Å². The van der Waals surface area contributed by atoms with E-state index in [-0.39, 0.29) is 5.91 Å². The molecular weight excluding hydrogens is 242 g/mol. The minimum absolute atomic E-state index is 0.0825. The zero-order valence-electron chi connectivity index (χ0n) is 11.4. The molecule has 0 unspecified atom stereocenters. The second-order valence-corrected chi connectivity index (χ2v) is 4.81. The van der Waals surface area contributed by atoms with E-state index < -0.39 is 5.41 Å². The summed E-state index contributed by atoms with van der Waals surface area (Å²) >= 11 is 0. The van der Waals surface area contributed by atoms with Crippen LogP contribution in [0.25, 0.3) is 0 Å². The second-order valence-electron chi connectivity index (χ2n) is 4.81. The van der Waals surface area contributed by atoms with Crippen LogP contribution in [0.2, 0.25) is 0 Å². The average Bonchev–Trinajstić information content (AvgIpc) is 2.49. The Hall–Kier alpha value is -1.39. The molecule has 0 bridgehead atoms. The lowest BCUT2D eigenvalue weighted by molar-refractivity contribution is -0.130. The first-order valence-corrected chi connectivity index (χ1v) is 6.70. The van der Waals surface area contributed by atoms with Crippen LogP contribution in [0.4, 0.5) is 0 Å². The summed E-state index contributed by atoms with van der Waals surface area (Å²) < 4.78 is 10.4. The molecule has 1 aromatic rings. The number of hydrogen-bond acceptors (Lipinski definition) is 3. The van der Waals surface area contributed by atoms with Crippen molar-refractivity contribution < 1.29 is 14.3 Å². The van der Waals surface area contributed by atoms with Gasteiger partial charge < -0.3 is 14.8 Å². The normalized spacial score (nSPS) is 17.9. The number of amides is 1. The molecule has 0 radical (unpaired) electrons. The molecule has 1 aliphatic rings. The molecule has 19 heavy (non-hydrogen) atoms. The van der Waals surface area contributed by atoms with Crippen LogP contribution >= 0.6 is 0 Å². The van der Waals surface area contributed by atoms with Crippen molar-refractivity contribution in [2.75, 3.05) is 33.5 Å². The molecule has 0 aliphatic carbocycles. The minimum atomic E-state index is -0.451. The molecule has 4 nitrogen and oxygen atoms in total. The SMILES string of the molecule is COCCNC(=O)C1(c2ccccc2)CCOCC1. The number of hydrogen-bond donors (Lipinski definition) is 1. The lowest BCUT2D eigenvalue weighted by Gasteiger charge is -2.36. The predicted molar refractivity (Wildman–Crippen MR) is 73.1 cm³/mol.